The van der Waals surface area contributed by atoms with Gasteiger partial charge in [-0.1, -0.05) is 6.92 Å². The second kappa shape index (κ2) is 2.92. The minimum atomic E-state index is 1.08. The van der Waals surface area contributed by atoms with Gasteiger partial charge in [0.05, 0.1) is 5.69 Å². The molecular formula is C10H16N2. The number of hydrogen-bond donors (Lipinski definition) is 0. The minimum absolute atomic E-state index is 1.08. The van der Waals surface area contributed by atoms with Crippen LogP contribution in [0.15, 0.2) is 0 Å². The Labute approximate surface area is 73.6 Å². The van der Waals surface area contributed by atoms with E-state index in [2.05, 4.69) is 23.6 Å². The molecule has 0 bridgehead atoms. The maximum Gasteiger partial charge on any atom is 0.0653 e. The molecule has 0 unspecified atom stereocenters. The topological polar surface area (TPSA) is 17.8 Å². The fraction of sp³-hybridized carbons (Fsp3) is 0.700. The zero-order valence-electron chi connectivity index (χ0n) is 7.93. The van der Waals surface area contributed by atoms with Crippen LogP contribution in [0.3, 0.4) is 0 Å². The van der Waals surface area contributed by atoms with E-state index < -0.39 is 0 Å². The summed E-state index contributed by atoms with van der Waals surface area (Å²) >= 11 is 0. The lowest BCUT2D eigenvalue weighted by Gasteiger charge is -2.13. The maximum absolute atomic E-state index is 4.59. The largest absolute Gasteiger partial charge is 0.269 e. The van der Waals surface area contributed by atoms with Gasteiger partial charge in [-0.2, -0.15) is 5.10 Å². The standard InChI is InChI=1S/C10H16N2/c1-3-9-8(2)10-6-4-5-7-12(10)11-9/h3-7H2,1-2H3. The first-order chi connectivity index (χ1) is 5.83. The fourth-order valence-corrected chi connectivity index (χ4v) is 2.03. The van der Waals surface area contributed by atoms with E-state index in [0.717, 1.165) is 13.0 Å². The van der Waals surface area contributed by atoms with Gasteiger partial charge in [-0.25, -0.2) is 0 Å². The van der Waals surface area contributed by atoms with Crippen molar-refractivity contribution in [1.82, 2.24) is 9.78 Å². The Balaban J connectivity index is 2.44. The third-order valence-electron chi connectivity index (χ3n) is 2.79. The third-order valence-corrected chi connectivity index (χ3v) is 2.79. The molecule has 0 aromatic carbocycles. The Bertz CT molecular complexity index is 286. The molecule has 0 fully saturated rings. The third kappa shape index (κ3) is 1.06. The molecule has 0 amide bonds. The highest BCUT2D eigenvalue weighted by Gasteiger charge is 2.15. The SMILES string of the molecule is CCc1nn2c(c1C)CCCC2. The molecule has 0 spiro atoms. The summed E-state index contributed by atoms with van der Waals surface area (Å²) in [4.78, 5) is 0. The van der Waals surface area contributed by atoms with Crippen molar-refractivity contribution >= 4 is 0 Å². The van der Waals surface area contributed by atoms with Crippen molar-refractivity contribution in [3.8, 4) is 0 Å². The van der Waals surface area contributed by atoms with E-state index >= 15 is 0 Å². The first-order valence-corrected chi connectivity index (χ1v) is 4.88. The van der Waals surface area contributed by atoms with Crippen LogP contribution in [0.2, 0.25) is 0 Å². The lowest BCUT2D eigenvalue weighted by molar-refractivity contribution is 0.482. The Morgan fingerprint density at radius 3 is 2.92 bits per heavy atom. The number of aryl methyl sites for hydroxylation is 2. The predicted octanol–water partition coefficient (Wildman–Crippen LogP) is 2.09. The molecular weight excluding hydrogens is 148 g/mol. The Kier molecular flexibility index (Phi) is 1.91. The van der Waals surface area contributed by atoms with Crippen LogP contribution in [0.4, 0.5) is 0 Å². The van der Waals surface area contributed by atoms with Crippen molar-refractivity contribution in [3.63, 3.8) is 0 Å². The minimum Gasteiger partial charge on any atom is -0.269 e. The van der Waals surface area contributed by atoms with E-state index in [9.17, 15) is 0 Å². The van der Waals surface area contributed by atoms with Crippen LogP contribution < -0.4 is 0 Å². The van der Waals surface area contributed by atoms with Crippen LogP contribution in [-0.4, -0.2) is 9.78 Å². The molecule has 0 saturated heterocycles. The lowest BCUT2D eigenvalue weighted by Crippen LogP contribution is -2.11. The maximum atomic E-state index is 4.59. The Morgan fingerprint density at radius 1 is 1.42 bits per heavy atom. The fourth-order valence-electron chi connectivity index (χ4n) is 2.03. The van der Waals surface area contributed by atoms with E-state index in [4.69, 9.17) is 0 Å². The van der Waals surface area contributed by atoms with E-state index in [1.54, 1.807) is 0 Å². The van der Waals surface area contributed by atoms with Crippen molar-refractivity contribution in [1.29, 1.82) is 0 Å². The van der Waals surface area contributed by atoms with Gasteiger partial charge < -0.3 is 0 Å². The Hall–Kier alpha value is -0.790. The molecule has 12 heavy (non-hydrogen) atoms. The summed E-state index contributed by atoms with van der Waals surface area (Å²) in [6.45, 7) is 5.53. The van der Waals surface area contributed by atoms with Crippen molar-refractivity contribution in [2.75, 3.05) is 0 Å². The zero-order chi connectivity index (χ0) is 8.55. The van der Waals surface area contributed by atoms with Gasteiger partial charge in [-0.3, -0.25) is 4.68 Å². The number of nitrogens with zero attached hydrogens (tertiary/aromatic N) is 2. The van der Waals surface area contributed by atoms with E-state index in [0.29, 0.717) is 0 Å². The predicted molar refractivity (Wildman–Crippen MR) is 49.3 cm³/mol. The summed E-state index contributed by atoms with van der Waals surface area (Å²) < 4.78 is 2.21. The second-order valence-corrected chi connectivity index (χ2v) is 3.55. The zero-order valence-corrected chi connectivity index (χ0v) is 7.93. The summed E-state index contributed by atoms with van der Waals surface area (Å²) in [6.07, 6.45) is 4.96. The van der Waals surface area contributed by atoms with E-state index in [-0.39, 0.29) is 0 Å². The quantitative estimate of drug-likeness (QED) is 0.621. The van der Waals surface area contributed by atoms with E-state index in [1.165, 1.54) is 36.2 Å². The van der Waals surface area contributed by atoms with Gasteiger partial charge in [0.15, 0.2) is 0 Å². The monoisotopic (exact) mass is 164 g/mol. The molecule has 1 aliphatic heterocycles. The highest BCUT2D eigenvalue weighted by Crippen LogP contribution is 2.20. The van der Waals surface area contributed by atoms with Crippen molar-refractivity contribution < 1.29 is 0 Å². The summed E-state index contributed by atoms with van der Waals surface area (Å²) in [6, 6.07) is 0. The molecule has 2 heterocycles. The van der Waals surface area contributed by atoms with Crippen LogP contribution in [-0.2, 0) is 19.4 Å². The number of aromatic nitrogens is 2. The molecule has 0 saturated carbocycles. The first kappa shape index (κ1) is 7.84. The number of rotatable bonds is 1. The molecule has 2 rings (SSSR count). The molecule has 66 valence electrons. The molecule has 2 heteroatoms. The van der Waals surface area contributed by atoms with Gasteiger partial charge in [-0.15, -0.1) is 0 Å². The normalized spacial score (nSPS) is 16.2. The molecule has 0 aliphatic carbocycles. The van der Waals surface area contributed by atoms with Crippen LogP contribution in [0.25, 0.3) is 0 Å². The smallest absolute Gasteiger partial charge is 0.0653 e. The molecule has 0 N–H and O–H groups in total. The van der Waals surface area contributed by atoms with Crippen molar-refractivity contribution in [2.45, 2.75) is 46.1 Å². The van der Waals surface area contributed by atoms with Crippen molar-refractivity contribution in [2.24, 2.45) is 0 Å². The van der Waals surface area contributed by atoms with E-state index in [1.807, 2.05) is 0 Å². The summed E-state index contributed by atoms with van der Waals surface area (Å²) in [5.74, 6) is 0. The highest BCUT2D eigenvalue weighted by atomic mass is 15.3. The van der Waals surface area contributed by atoms with Crippen LogP contribution in [0.5, 0.6) is 0 Å². The van der Waals surface area contributed by atoms with Crippen LogP contribution >= 0.6 is 0 Å². The molecule has 1 aromatic heterocycles. The van der Waals surface area contributed by atoms with Crippen LogP contribution in [0, 0.1) is 6.92 Å². The Morgan fingerprint density at radius 2 is 2.25 bits per heavy atom. The molecule has 1 aromatic rings. The lowest BCUT2D eigenvalue weighted by atomic mass is 10.1. The first-order valence-electron chi connectivity index (χ1n) is 4.88. The molecule has 0 atom stereocenters. The average Bonchev–Trinajstić information content (AvgIpc) is 2.44. The average molecular weight is 164 g/mol. The second-order valence-electron chi connectivity index (χ2n) is 3.55. The highest BCUT2D eigenvalue weighted by molar-refractivity contribution is 5.25. The van der Waals surface area contributed by atoms with Gasteiger partial charge in [0.25, 0.3) is 0 Å². The van der Waals surface area contributed by atoms with Crippen LogP contribution in [0.1, 0.15) is 36.7 Å². The van der Waals surface area contributed by atoms with Gasteiger partial charge in [-0.05, 0) is 38.2 Å². The number of hydrogen-bond acceptors (Lipinski definition) is 1. The number of fused-ring (bicyclic) bond motifs is 1. The summed E-state index contributed by atoms with van der Waals surface area (Å²) in [5.41, 5.74) is 4.22. The van der Waals surface area contributed by atoms with Gasteiger partial charge in [0.2, 0.25) is 0 Å². The molecule has 1 aliphatic rings. The molecule has 2 nitrogen and oxygen atoms in total. The van der Waals surface area contributed by atoms with Gasteiger partial charge >= 0.3 is 0 Å². The van der Waals surface area contributed by atoms with Gasteiger partial charge in [0, 0.05) is 12.2 Å². The van der Waals surface area contributed by atoms with Crippen molar-refractivity contribution in [3.05, 3.63) is 17.0 Å². The molecule has 0 radical (unpaired) electrons. The van der Waals surface area contributed by atoms with Gasteiger partial charge in [0.1, 0.15) is 0 Å². The summed E-state index contributed by atoms with van der Waals surface area (Å²) in [5, 5.41) is 4.59. The summed E-state index contributed by atoms with van der Waals surface area (Å²) in [7, 11) is 0.